The largest absolute Gasteiger partial charge is 0.484 e. The van der Waals surface area contributed by atoms with Crippen LogP contribution in [0, 0.1) is 6.92 Å². The van der Waals surface area contributed by atoms with Gasteiger partial charge in [0.05, 0.1) is 16.8 Å². The SMILES string of the molecule is Cc1cccc(OCC(=O)Nc2cccc(N3C(=O)c4ccccc4C3=O)c2)c1. The second-order valence-corrected chi connectivity index (χ2v) is 6.69. The topological polar surface area (TPSA) is 75.7 Å². The van der Waals surface area contributed by atoms with E-state index in [0.717, 1.165) is 10.5 Å². The lowest BCUT2D eigenvalue weighted by atomic mass is 10.1. The molecule has 1 aliphatic rings. The zero-order valence-electron chi connectivity index (χ0n) is 15.7. The summed E-state index contributed by atoms with van der Waals surface area (Å²) in [6, 6.07) is 20.7. The first-order chi connectivity index (χ1) is 14.0. The predicted molar refractivity (Wildman–Crippen MR) is 109 cm³/mol. The van der Waals surface area contributed by atoms with Gasteiger partial charge in [0.15, 0.2) is 6.61 Å². The number of amides is 3. The Morgan fingerprint density at radius 3 is 2.28 bits per heavy atom. The van der Waals surface area contributed by atoms with Gasteiger partial charge in [0.1, 0.15) is 5.75 Å². The monoisotopic (exact) mass is 386 g/mol. The lowest BCUT2D eigenvalue weighted by molar-refractivity contribution is -0.118. The Hall–Kier alpha value is -3.93. The summed E-state index contributed by atoms with van der Waals surface area (Å²) in [4.78, 5) is 38.6. The number of hydrogen-bond donors (Lipinski definition) is 1. The number of rotatable bonds is 5. The molecular weight excluding hydrogens is 368 g/mol. The fourth-order valence-corrected chi connectivity index (χ4v) is 3.20. The lowest BCUT2D eigenvalue weighted by Gasteiger charge is -2.15. The van der Waals surface area contributed by atoms with Gasteiger partial charge in [0.2, 0.25) is 0 Å². The smallest absolute Gasteiger partial charge is 0.266 e. The number of aryl methyl sites for hydroxylation is 1. The van der Waals surface area contributed by atoms with Crippen LogP contribution in [0.15, 0.2) is 72.8 Å². The fraction of sp³-hybridized carbons (Fsp3) is 0.0870. The van der Waals surface area contributed by atoms with Crippen LogP contribution >= 0.6 is 0 Å². The van der Waals surface area contributed by atoms with Gasteiger partial charge in [-0.05, 0) is 55.0 Å². The molecule has 6 heteroatoms. The van der Waals surface area contributed by atoms with E-state index in [-0.39, 0.29) is 24.3 Å². The number of carbonyl (C=O) groups is 3. The third-order valence-electron chi connectivity index (χ3n) is 4.54. The molecule has 0 atom stereocenters. The van der Waals surface area contributed by atoms with Crippen LogP contribution in [0.5, 0.6) is 5.75 Å². The molecule has 1 N–H and O–H groups in total. The van der Waals surface area contributed by atoms with Crippen molar-refractivity contribution in [3.05, 3.63) is 89.5 Å². The zero-order valence-corrected chi connectivity index (χ0v) is 15.7. The van der Waals surface area contributed by atoms with Crippen LogP contribution in [-0.4, -0.2) is 24.3 Å². The average molecular weight is 386 g/mol. The van der Waals surface area contributed by atoms with E-state index >= 15 is 0 Å². The summed E-state index contributed by atoms with van der Waals surface area (Å²) in [5, 5.41) is 2.73. The van der Waals surface area contributed by atoms with Gasteiger partial charge >= 0.3 is 0 Å². The van der Waals surface area contributed by atoms with E-state index in [1.165, 1.54) is 0 Å². The zero-order chi connectivity index (χ0) is 20.4. The van der Waals surface area contributed by atoms with Crippen LogP contribution < -0.4 is 15.0 Å². The Balaban J connectivity index is 1.46. The number of carbonyl (C=O) groups excluding carboxylic acids is 3. The van der Waals surface area contributed by atoms with Crippen LogP contribution in [0.2, 0.25) is 0 Å². The summed E-state index contributed by atoms with van der Waals surface area (Å²) >= 11 is 0. The van der Waals surface area contributed by atoms with E-state index in [0.29, 0.717) is 28.3 Å². The lowest BCUT2D eigenvalue weighted by Crippen LogP contribution is -2.29. The van der Waals surface area contributed by atoms with E-state index in [2.05, 4.69) is 5.32 Å². The Kier molecular flexibility index (Phi) is 4.83. The van der Waals surface area contributed by atoms with Crippen LogP contribution in [-0.2, 0) is 4.79 Å². The molecule has 0 radical (unpaired) electrons. The van der Waals surface area contributed by atoms with Crippen LogP contribution in [0.1, 0.15) is 26.3 Å². The van der Waals surface area contributed by atoms with Crippen molar-refractivity contribution in [3.63, 3.8) is 0 Å². The maximum atomic E-state index is 12.6. The Bertz CT molecular complexity index is 1090. The molecule has 1 heterocycles. The molecule has 144 valence electrons. The molecule has 1 aliphatic heterocycles. The molecule has 29 heavy (non-hydrogen) atoms. The molecular formula is C23H18N2O4. The second kappa shape index (κ2) is 7.59. The van der Waals surface area contributed by atoms with E-state index in [4.69, 9.17) is 4.74 Å². The summed E-state index contributed by atoms with van der Waals surface area (Å²) in [5.41, 5.74) is 2.65. The number of anilines is 2. The Labute approximate surface area is 167 Å². The average Bonchev–Trinajstić information content (AvgIpc) is 2.97. The molecule has 4 rings (SSSR count). The number of benzene rings is 3. The third-order valence-corrected chi connectivity index (χ3v) is 4.54. The van der Waals surface area contributed by atoms with Crippen molar-refractivity contribution in [3.8, 4) is 5.75 Å². The number of fused-ring (bicyclic) bond motifs is 1. The first-order valence-corrected chi connectivity index (χ1v) is 9.10. The van der Waals surface area contributed by atoms with Crippen molar-refractivity contribution in [2.75, 3.05) is 16.8 Å². The highest BCUT2D eigenvalue weighted by molar-refractivity contribution is 6.34. The number of ether oxygens (including phenoxy) is 1. The van der Waals surface area contributed by atoms with Gasteiger partial charge in [-0.3, -0.25) is 14.4 Å². The van der Waals surface area contributed by atoms with Gasteiger partial charge in [0.25, 0.3) is 17.7 Å². The summed E-state index contributed by atoms with van der Waals surface area (Å²) in [6.07, 6.45) is 0. The van der Waals surface area contributed by atoms with Crippen molar-refractivity contribution >= 4 is 29.1 Å². The summed E-state index contributed by atoms with van der Waals surface area (Å²) in [5.74, 6) is -0.486. The van der Waals surface area contributed by atoms with Crippen molar-refractivity contribution in [2.24, 2.45) is 0 Å². The van der Waals surface area contributed by atoms with Crippen molar-refractivity contribution < 1.29 is 19.1 Å². The highest BCUT2D eigenvalue weighted by atomic mass is 16.5. The van der Waals surface area contributed by atoms with Crippen LogP contribution in [0.3, 0.4) is 0 Å². The maximum Gasteiger partial charge on any atom is 0.266 e. The normalized spacial score (nSPS) is 12.7. The van der Waals surface area contributed by atoms with Gasteiger partial charge < -0.3 is 10.1 Å². The van der Waals surface area contributed by atoms with E-state index in [9.17, 15) is 14.4 Å². The van der Waals surface area contributed by atoms with Crippen molar-refractivity contribution in [1.29, 1.82) is 0 Å². The van der Waals surface area contributed by atoms with Crippen molar-refractivity contribution in [1.82, 2.24) is 0 Å². The van der Waals surface area contributed by atoms with Gasteiger partial charge in [-0.2, -0.15) is 0 Å². The minimum atomic E-state index is -0.378. The highest BCUT2D eigenvalue weighted by Crippen LogP contribution is 2.29. The van der Waals surface area contributed by atoms with Gasteiger partial charge in [-0.15, -0.1) is 0 Å². The van der Waals surface area contributed by atoms with Crippen LogP contribution in [0.25, 0.3) is 0 Å². The third kappa shape index (κ3) is 3.73. The number of nitrogens with one attached hydrogen (secondary N) is 1. The van der Waals surface area contributed by atoms with E-state index in [1.807, 2.05) is 25.1 Å². The molecule has 0 unspecified atom stereocenters. The Morgan fingerprint density at radius 2 is 1.59 bits per heavy atom. The molecule has 3 aromatic rings. The van der Waals surface area contributed by atoms with Gasteiger partial charge in [0, 0.05) is 5.69 Å². The molecule has 3 amide bonds. The van der Waals surface area contributed by atoms with Gasteiger partial charge in [-0.25, -0.2) is 4.90 Å². The molecule has 0 aromatic heterocycles. The first kappa shape index (κ1) is 18.4. The molecule has 0 bridgehead atoms. The number of hydrogen-bond acceptors (Lipinski definition) is 4. The van der Waals surface area contributed by atoms with Gasteiger partial charge in [-0.1, -0.05) is 30.3 Å². The molecule has 3 aromatic carbocycles. The number of imide groups is 1. The summed E-state index contributed by atoms with van der Waals surface area (Å²) < 4.78 is 5.50. The Morgan fingerprint density at radius 1 is 0.897 bits per heavy atom. The highest BCUT2D eigenvalue weighted by Gasteiger charge is 2.36. The second-order valence-electron chi connectivity index (χ2n) is 6.69. The molecule has 0 saturated carbocycles. The quantitative estimate of drug-likeness (QED) is 0.677. The first-order valence-electron chi connectivity index (χ1n) is 9.10. The summed E-state index contributed by atoms with van der Waals surface area (Å²) in [6.45, 7) is 1.79. The molecule has 0 fully saturated rings. The summed E-state index contributed by atoms with van der Waals surface area (Å²) in [7, 11) is 0. The van der Waals surface area contributed by atoms with E-state index in [1.54, 1.807) is 54.6 Å². The maximum absolute atomic E-state index is 12.6. The number of nitrogens with zero attached hydrogens (tertiary/aromatic N) is 1. The molecule has 0 aliphatic carbocycles. The minimum Gasteiger partial charge on any atom is -0.484 e. The molecule has 6 nitrogen and oxygen atoms in total. The fourth-order valence-electron chi connectivity index (χ4n) is 3.20. The molecule has 0 spiro atoms. The molecule has 0 saturated heterocycles. The standard InChI is InChI=1S/C23H18N2O4/c1-15-6-4-9-18(12-15)29-14-21(26)24-16-7-5-8-17(13-16)25-22(27)19-10-2-3-11-20(19)23(25)28/h2-13H,14H2,1H3,(H,24,26). The predicted octanol–water partition coefficient (Wildman–Crippen LogP) is 3.81. The van der Waals surface area contributed by atoms with Crippen molar-refractivity contribution in [2.45, 2.75) is 6.92 Å². The van der Waals surface area contributed by atoms with Crippen LogP contribution in [0.4, 0.5) is 11.4 Å². The minimum absolute atomic E-state index is 0.152. The van der Waals surface area contributed by atoms with E-state index < -0.39 is 0 Å².